The van der Waals surface area contributed by atoms with Crippen LogP contribution < -0.4 is 26.6 Å². The van der Waals surface area contributed by atoms with Crippen molar-refractivity contribution in [3.05, 3.63) is 0 Å². The fourth-order valence-corrected chi connectivity index (χ4v) is 7.95. The molecule has 1 saturated carbocycles. The van der Waals surface area contributed by atoms with E-state index in [2.05, 4.69) is 26.6 Å². The van der Waals surface area contributed by atoms with Crippen LogP contribution in [0.4, 0.5) is 24.0 Å². The summed E-state index contributed by atoms with van der Waals surface area (Å²) in [6, 6.07) is -5.81. The third-order valence-electron chi connectivity index (χ3n) is 9.91. The van der Waals surface area contributed by atoms with Crippen LogP contribution in [0.15, 0.2) is 0 Å². The smallest absolute Gasteiger partial charge is 0.408 e. The van der Waals surface area contributed by atoms with Crippen LogP contribution >= 0.6 is 11.8 Å². The van der Waals surface area contributed by atoms with Gasteiger partial charge in [0.25, 0.3) is 0 Å². The maximum Gasteiger partial charge on any atom is 0.408 e. The lowest BCUT2D eigenvalue weighted by Gasteiger charge is -2.50. The van der Waals surface area contributed by atoms with Crippen LogP contribution in [0, 0.1) is 0 Å². The molecule has 0 aromatic heterocycles. The van der Waals surface area contributed by atoms with Gasteiger partial charge >= 0.3 is 30.5 Å². The highest BCUT2D eigenvalue weighted by Gasteiger charge is 2.55. The van der Waals surface area contributed by atoms with Crippen molar-refractivity contribution in [1.82, 2.24) is 26.6 Å². The Hall–Kier alpha value is -3.66. The molecule has 3 rings (SSSR count). The van der Waals surface area contributed by atoms with Crippen molar-refractivity contribution in [3.63, 3.8) is 0 Å². The molecule has 5 amide bonds. The molecule has 69 heavy (non-hydrogen) atoms. The standard InChI is InChI=1S/C44H79N5O19S/c1-40(2,3)64-35(55)45-18-22-27(51)28(52)25(49-39(59)68-44(13,14)15)33(60-22)62-31-20(46-36(56)65-41(4,5)6)17-21(47-37(57)66-42(7,8)9)32(30(31)54)63-34-29(53)24(26(50)23(61-34)19-69-16)48-38(58)67-43(10,11)12/h20-34,50-54H,17-19H2,1-16H3,(H,45,55)(H,46,56)(H,47,57)(H,48,58)(H,49,59). The van der Waals surface area contributed by atoms with Crippen molar-refractivity contribution < 1.29 is 92.1 Å². The molecule has 3 fully saturated rings. The van der Waals surface area contributed by atoms with Crippen molar-refractivity contribution in [3.8, 4) is 0 Å². The van der Waals surface area contributed by atoms with Crippen LogP contribution in [0.1, 0.15) is 110 Å². The molecular formula is C44H79N5O19S. The second-order valence-electron chi connectivity index (χ2n) is 22.2. The molecule has 2 saturated heterocycles. The van der Waals surface area contributed by atoms with E-state index in [1.165, 1.54) is 11.8 Å². The largest absolute Gasteiger partial charge is 0.444 e. The second kappa shape index (κ2) is 23.7. The fourth-order valence-electron chi connectivity index (χ4n) is 7.34. The summed E-state index contributed by atoms with van der Waals surface area (Å²) in [5, 5.41) is 71.4. The van der Waals surface area contributed by atoms with Crippen molar-refractivity contribution in [1.29, 1.82) is 0 Å². The Labute approximate surface area is 408 Å². The Morgan fingerprint density at radius 1 is 0.478 bits per heavy atom. The maximum atomic E-state index is 13.5. The first-order valence-electron chi connectivity index (χ1n) is 22.8. The number of hydrogen-bond donors (Lipinski definition) is 10. The van der Waals surface area contributed by atoms with Gasteiger partial charge in [-0.25, -0.2) is 24.0 Å². The van der Waals surface area contributed by atoms with Crippen LogP contribution in [-0.2, 0) is 42.6 Å². The highest BCUT2D eigenvalue weighted by molar-refractivity contribution is 7.98. The summed E-state index contributed by atoms with van der Waals surface area (Å²) in [7, 11) is 0. The van der Waals surface area contributed by atoms with E-state index in [0.29, 0.717) is 0 Å². The Balaban J connectivity index is 2.19. The summed E-state index contributed by atoms with van der Waals surface area (Å²) in [6.07, 6.45) is -22.1. The first-order chi connectivity index (χ1) is 31.4. The van der Waals surface area contributed by atoms with E-state index >= 15 is 0 Å². The van der Waals surface area contributed by atoms with E-state index in [1.54, 1.807) is 110 Å². The van der Waals surface area contributed by atoms with Crippen molar-refractivity contribution in [2.45, 2.75) is 230 Å². The summed E-state index contributed by atoms with van der Waals surface area (Å²) in [4.78, 5) is 66.0. The lowest BCUT2D eigenvalue weighted by atomic mass is 9.83. The topological polar surface area (TPSA) is 330 Å². The third-order valence-corrected chi connectivity index (χ3v) is 10.6. The summed E-state index contributed by atoms with van der Waals surface area (Å²) in [6.45, 7) is 23.7. The van der Waals surface area contributed by atoms with Crippen LogP contribution in [-0.4, -0.2) is 194 Å². The summed E-state index contributed by atoms with van der Waals surface area (Å²) in [5.74, 6) is 0.129. The Morgan fingerprint density at radius 2 is 0.855 bits per heavy atom. The molecule has 2 aliphatic heterocycles. The number of carbonyl (C=O) groups excluding carboxylic acids is 5. The average molecular weight is 1010 g/mol. The van der Waals surface area contributed by atoms with Crippen LogP contribution in [0.2, 0.25) is 0 Å². The monoisotopic (exact) mass is 1010 g/mol. The summed E-state index contributed by atoms with van der Waals surface area (Å²) >= 11 is 1.27. The number of hydrogen-bond acceptors (Lipinski definition) is 20. The van der Waals surface area contributed by atoms with Gasteiger partial charge in [0, 0.05) is 12.3 Å². The molecule has 15 atom stereocenters. The summed E-state index contributed by atoms with van der Waals surface area (Å²) < 4.78 is 52.3. The molecular weight excluding hydrogens is 935 g/mol. The molecule has 24 nitrogen and oxygen atoms in total. The molecule has 1 aliphatic carbocycles. The lowest BCUT2D eigenvalue weighted by molar-refractivity contribution is -0.318. The molecule has 10 N–H and O–H groups in total. The molecule has 3 aliphatic rings. The van der Waals surface area contributed by atoms with Gasteiger partial charge in [-0.1, -0.05) is 0 Å². The lowest BCUT2D eigenvalue weighted by Crippen LogP contribution is -2.71. The zero-order valence-corrected chi connectivity index (χ0v) is 43.5. The average Bonchev–Trinajstić information content (AvgIpc) is 3.13. The van der Waals surface area contributed by atoms with Gasteiger partial charge in [0.05, 0.1) is 24.2 Å². The molecule has 400 valence electrons. The molecule has 0 spiro atoms. The van der Waals surface area contributed by atoms with Gasteiger partial charge in [-0.2, -0.15) is 11.8 Å². The number of rotatable bonds is 12. The Morgan fingerprint density at radius 3 is 1.28 bits per heavy atom. The van der Waals surface area contributed by atoms with Gasteiger partial charge < -0.3 is 94.7 Å². The van der Waals surface area contributed by atoms with E-state index in [1.807, 2.05) is 0 Å². The predicted molar refractivity (Wildman–Crippen MR) is 247 cm³/mol. The summed E-state index contributed by atoms with van der Waals surface area (Å²) in [5.41, 5.74) is -4.96. The SMILES string of the molecule is CSCC1OC(OC2C(NC(=O)OC(C)(C)C)CC(NC(=O)OC(C)(C)C)C(OC3OC(CNC(=O)OC(C)(C)C)C(O)C(O)C3NC(=O)OC(C)(C)C)C2O)C(O)C(NC(=O)OC(C)(C)C)C1O. The van der Waals surface area contributed by atoms with Gasteiger partial charge in [0.1, 0.15) is 82.9 Å². The van der Waals surface area contributed by atoms with Crippen molar-refractivity contribution in [2.24, 2.45) is 0 Å². The number of ether oxygens (including phenoxy) is 9. The van der Waals surface area contributed by atoms with Gasteiger partial charge in [-0.3, -0.25) is 0 Å². The number of aliphatic hydroxyl groups excluding tert-OH is 5. The first kappa shape index (κ1) is 59.6. The zero-order valence-electron chi connectivity index (χ0n) is 42.6. The number of amides is 5. The van der Waals surface area contributed by atoms with Crippen LogP contribution in [0.5, 0.6) is 0 Å². The van der Waals surface area contributed by atoms with Gasteiger partial charge in [-0.05, 0) is 117 Å². The van der Waals surface area contributed by atoms with E-state index in [4.69, 9.17) is 42.6 Å². The first-order valence-corrected chi connectivity index (χ1v) is 24.2. The van der Waals surface area contributed by atoms with E-state index in [-0.39, 0.29) is 12.2 Å². The second-order valence-corrected chi connectivity index (χ2v) is 23.1. The number of thioether (sulfide) groups is 1. The quantitative estimate of drug-likeness (QED) is 0.125. The highest BCUT2D eigenvalue weighted by Crippen LogP contribution is 2.34. The minimum Gasteiger partial charge on any atom is -0.444 e. The normalized spacial score (nSPS) is 32.4. The molecule has 0 radical (unpaired) electrons. The van der Waals surface area contributed by atoms with E-state index in [0.717, 1.165) is 0 Å². The fraction of sp³-hybridized carbons (Fsp3) is 0.886. The minimum absolute atomic E-state index is 0.129. The van der Waals surface area contributed by atoms with Crippen molar-refractivity contribution in [2.75, 3.05) is 18.6 Å². The molecule has 0 aromatic carbocycles. The zero-order chi connectivity index (χ0) is 52.8. The van der Waals surface area contributed by atoms with Crippen molar-refractivity contribution >= 4 is 42.2 Å². The van der Waals surface area contributed by atoms with E-state index in [9.17, 15) is 49.5 Å². The number of nitrogens with one attached hydrogen (secondary N) is 5. The van der Waals surface area contributed by atoms with Crippen LogP contribution in [0.3, 0.4) is 0 Å². The van der Waals surface area contributed by atoms with Gasteiger partial charge in [0.2, 0.25) is 0 Å². The number of alkyl carbamates (subject to hydrolysis) is 5. The molecule has 25 heteroatoms. The van der Waals surface area contributed by atoms with Gasteiger partial charge in [-0.15, -0.1) is 0 Å². The van der Waals surface area contributed by atoms with Gasteiger partial charge in [0.15, 0.2) is 12.6 Å². The third kappa shape index (κ3) is 19.5. The molecule has 0 bridgehead atoms. The Kier molecular flexibility index (Phi) is 20.5. The van der Waals surface area contributed by atoms with Crippen LogP contribution in [0.25, 0.3) is 0 Å². The highest BCUT2D eigenvalue weighted by atomic mass is 32.2. The molecule has 2 heterocycles. The predicted octanol–water partition coefficient (Wildman–Crippen LogP) is 1.88. The maximum absolute atomic E-state index is 13.5. The van der Waals surface area contributed by atoms with E-state index < -0.39 is 157 Å². The minimum atomic E-state index is -1.99. The number of aliphatic hydroxyl groups is 5. The Bertz CT molecular complexity index is 1730. The number of carbonyl (C=O) groups is 5. The molecule has 0 aromatic rings. The molecule has 15 unspecified atom stereocenters.